The Bertz CT molecular complexity index is 319. The highest BCUT2D eigenvalue weighted by Gasteiger charge is 2.33. The van der Waals surface area contributed by atoms with Crippen LogP contribution in [0, 0.1) is 0 Å². The number of phosphoric ester groups is 1. The Morgan fingerprint density at radius 2 is 1.67 bits per heavy atom. The number of phosphoric acid groups is 1. The average molecular weight is 284 g/mol. The fraction of sp³-hybridized carbons (Fsp3) is 0.778. The summed E-state index contributed by atoms with van der Waals surface area (Å²) >= 11 is 0. The van der Waals surface area contributed by atoms with E-state index in [2.05, 4.69) is 0 Å². The molecule has 0 aromatic heterocycles. The lowest BCUT2D eigenvalue weighted by Gasteiger charge is -2.20. The van der Waals surface area contributed by atoms with E-state index >= 15 is 0 Å². The van der Waals surface area contributed by atoms with Gasteiger partial charge in [-0.1, -0.05) is 0 Å². The summed E-state index contributed by atoms with van der Waals surface area (Å²) in [6.07, 6.45) is -2.30. The van der Waals surface area contributed by atoms with E-state index in [9.17, 15) is 14.2 Å². The number of hydrogen-bond donors (Lipinski definition) is 2. The van der Waals surface area contributed by atoms with E-state index in [0.29, 0.717) is 0 Å². The number of aliphatic carboxylic acids is 2. The van der Waals surface area contributed by atoms with Gasteiger partial charge in [0.15, 0.2) is 6.10 Å². The van der Waals surface area contributed by atoms with Gasteiger partial charge in [-0.3, -0.25) is 18.4 Å². The van der Waals surface area contributed by atoms with E-state index < -0.39 is 32.3 Å². The molecule has 0 bridgehead atoms. The molecular weight excluding hydrogens is 267 g/mol. The van der Waals surface area contributed by atoms with Crippen LogP contribution >= 0.6 is 7.82 Å². The van der Waals surface area contributed by atoms with Crippen molar-refractivity contribution in [2.75, 3.05) is 13.2 Å². The van der Waals surface area contributed by atoms with E-state index in [1.807, 2.05) is 0 Å². The van der Waals surface area contributed by atoms with Gasteiger partial charge in [0, 0.05) is 6.42 Å². The molecule has 9 heteroatoms. The third-order valence-corrected chi connectivity index (χ3v) is 3.39. The number of rotatable bonds is 10. The molecular formula is C9H17O8P. The summed E-state index contributed by atoms with van der Waals surface area (Å²) in [5.41, 5.74) is 0. The van der Waals surface area contributed by atoms with Gasteiger partial charge in [0.1, 0.15) is 0 Å². The van der Waals surface area contributed by atoms with E-state index in [0.717, 1.165) is 0 Å². The first-order valence-electron chi connectivity index (χ1n) is 5.36. The highest BCUT2D eigenvalue weighted by molar-refractivity contribution is 7.48. The van der Waals surface area contributed by atoms with Gasteiger partial charge < -0.3 is 10.2 Å². The Labute approximate surface area is 104 Å². The zero-order chi connectivity index (χ0) is 14.2. The lowest BCUT2D eigenvalue weighted by atomic mass is 10.2. The van der Waals surface area contributed by atoms with Crippen LogP contribution < -0.4 is 0 Å². The molecule has 106 valence electrons. The Morgan fingerprint density at radius 1 is 1.17 bits per heavy atom. The molecule has 0 saturated heterocycles. The lowest BCUT2D eigenvalue weighted by Crippen LogP contribution is -2.24. The van der Waals surface area contributed by atoms with Crippen LogP contribution in [-0.4, -0.2) is 41.5 Å². The minimum atomic E-state index is -3.96. The van der Waals surface area contributed by atoms with E-state index in [1.165, 1.54) is 0 Å². The van der Waals surface area contributed by atoms with Gasteiger partial charge in [0.05, 0.1) is 13.2 Å². The summed E-state index contributed by atoms with van der Waals surface area (Å²) in [6, 6.07) is 0. The molecule has 0 fully saturated rings. The molecule has 0 saturated carbocycles. The molecule has 0 spiro atoms. The Morgan fingerprint density at radius 3 is 2.00 bits per heavy atom. The first kappa shape index (κ1) is 17.1. The zero-order valence-corrected chi connectivity index (χ0v) is 11.1. The highest BCUT2D eigenvalue weighted by atomic mass is 31.2. The lowest BCUT2D eigenvalue weighted by molar-refractivity contribution is -0.147. The first-order valence-corrected chi connectivity index (χ1v) is 6.82. The standard InChI is InChI=1S/C9H17O8P/c1-3-15-18(14,16-4-2)17-7(9(12)13)5-6-8(10)11/h7H,3-6H2,1-2H3,(H,10,11)(H,12,13). The van der Waals surface area contributed by atoms with Gasteiger partial charge in [-0.2, -0.15) is 0 Å². The van der Waals surface area contributed by atoms with Gasteiger partial charge in [-0.15, -0.1) is 0 Å². The SMILES string of the molecule is CCOP(=O)(OCC)OC(CCC(=O)O)C(=O)O. The number of carboxylic acid groups (broad SMARTS) is 2. The summed E-state index contributed by atoms with van der Waals surface area (Å²) < 4.78 is 26.2. The van der Waals surface area contributed by atoms with Crippen molar-refractivity contribution in [2.45, 2.75) is 32.8 Å². The van der Waals surface area contributed by atoms with E-state index in [-0.39, 0.29) is 19.6 Å². The third kappa shape index (κ3) is 6.70. The maximum absolute atomic E-state index is 11.9. The van der Waals surface area contributed by atoms with Crippen molar-refractivity contribution in [3.8, 4) is 0 Å². The highest BCUT2D eigenvalue weighted by Crippen LogP contribution is 2.50. The predicted molar refractivity (Wildman–Crippen MR) is 60.2 cm³/mol. The molecule has 0 radical (unpaired) electrons. The second kappa shape index (κ2) is 8.20. The Hall–Kier alpha value is -0.950. The summed E-state index contributed by atoms with van der Waals surface area (Å²) in [5, 5.41) is 17.3. The van der Waals surface area contributed by atoms with E-state index in [4.69, 9.17) is 23.8 Å². The van der Waals surface area contributed by atoms with Crippen LogP contribution in [0.2, 0.25) is 0 Å². The summed E-state index contributed by atoms with van der Waals surface area (Å²) in [4.78, 5) is 21.2. The number of hydrogen-bond acceptors (Lipinski definition) is 6. The van der Waals surface area contributed by atoms with E-state index in [1.54, 1.807) is 13.8 Å². The number of carboxylic acids is 2. The molecule has 1 atom stereocenters. The van der Waals surface area contributed by atoms with Crippen LogP contribution in [0.3, 0.4) is 0 Å². The van der Waals surface area contributed by atoms with Crippen LogP contribution in [-0.2, 0) is 27.7 Å². The zero-order valence-electron chi connectivity index (χ0n) is 10.2. The molecule has 0 aromatic rings. The normalized spacial score (nSPS) is 13.2. The second-order valence-corrected chi connectivity index (χ2v) is 4.77. The summed E-state index contributed by atoms with van der Waals surface area (Å²) in [6.45, 7) is 3.12. The molecule has 8 nitrogen and oxygen atoms in total. The molecule has 0 aliphatic carbocycles. The van der Waals surface area contributed by atoms with Crippen LogP contribution in [0.4, 0.5) is 0 Å². The van der Waals surface area contributed by atoms with Crippen molar-refractivity contribution in [2.24, 2.45) is 0 Å². The molecule has 0 aromatic carbocycles. The number of carbonyl (C=O) groups is 2. The minimum absolute atomic E-state index is 0.0164. The fourth-order valence-corrected chi connectivity index (χ4v) is 2.38. The minimum Gasteiger partial charge on any atom is -0.481 e. The molecule has 0 amide bonds. The van der Waals surface area contributed by atoms with Gasteiger partial charge >= 0.3 is 19.8 Å². The van der Waals surface area contributed by atoms with Gasteiger partial charge in [-0.05, 0) is 20.3 Å². The van der Waals surface area contributed by atoms with Crippen molar-refractivity contribution in [3.05, 3.63) is 0 Å². The van der Waals surface area contributed by atoms with Crippen molar-refractivity contribution in [1.29, 1.82) is 0 Å². The monoisotopic (exact) mass is 284 g/mol. The molecule has 18 heavy (non-hydrogen) atoms. The first-order chi connectivity index (χ1) is 8.34. The van der Waals surface area contributed by atoms with Crippen LogP contribution in [0.5, 0.6) is 0 Å². The van der Waals surface area contributed by atoms with Crippen molar-refractivity contribution >= 4 is 19.8 Å². The second-order valence-electron chi connectivity index (χ2n) is 3.15. The van der Waals surface area contributed by atoms with Gasteiger partial charge in [0.25, 0.3) is 0 Å². The summed E-state index contributed by atoms with van der Waals surface area (Å²) in [7, 11) is -3.96. The van der Waals surface area contributed by atoms with Gasteiger partial charge in [-0.25, -0.2) is 9.36 Å². The predicted octanol–water partition coefficient (Wildman–Crippen LogP) is 1.50. The van der Waals surface area contributed by atoms with Crippen molar-refractivity contribution in [1.82, 2.24) is 0 Å². The molecule has 0 rings (SSSR count). The third-order valence-electron chi connectivity index (χ3n) is 1.73. The molecule has 0 heterocycles. The molecule has 0 aliphatic rings. The quantitative estimate of drug-likeness (QED) is 0.579. The average Bonchev–Trinajstić information content (AvgIpc) is 2.24. The fourth-order valence-electron chi connectivity index (χ4n) is 1.05. The van der Waals surface area contributed by atoms with Crippen LogP contribution in [0.15, 0.2) is 0 Å². The van der Waals surface area contributed by atoms with Crippen molar-refractivity contribution in [3.63, 3.8) is 0 Å². The molecule has 0 aliphatic heterocycles. The largest absolute Gasteiger partial charge is 0.481 e. The van der Waals surface area contributed by atoms with Crippen LogP contribution in [0.1, 0.15) is 26.7 Å². The Balaban J connectivity index is 4.65. The maximum Gasteiger partial charge on any atom is 0.475 e. The molecule has 1 unspecified atom stereocenters. The van der Waals surface area contributed by atoms with Gasteiger partial charge in [0.2, 0.25) is 0 Å². The smallest absolute Gasteiger partial charge is 0.475 e. The molecule has 2 N–H and O–H groups in total. The summed E-state index contributed by atoms with van der Waals surface area (Å²) in [5.74, 6) is -2.59. The maximum atomic E-state index is 11.9. The van der Waals surface area contributed by atoms with Crippen LogP contribution in [0.25, 0.3) is 0 Å². The Kier molecular flexibility index (Phi) is 7.77. The van der Waals surface area contributed by atoms with Crippen molar-refractivity contribution < 1.29 is 37.9 Å². The topological polar surface area (TPSA) is 119 Å².